The summed E-state index contributed by atoms with van der Waals surface area (Å²) < 4.78 is 0. The molecule has 3 N–H and O–H groups in total. The van der Waals surface area contributed by atoms with E-state index in [9.17, 15) is 20.1 Å². The molecule has 0 bridgehead atoms. The van der Waals surface area contributed by atoms with Crippen LogP contribution in [0.15, 0.2) is 11.6 Å². The molecule has 140 valence electrons. The minimum atomic E-state index is -1.17. The predicted molar refractivity (Wildman–Crippen MR) is 94.8 cm³/mol. The van der Waals surface area contributed by atoms with Gasteiger partial charge in [-0.25, -0.2) is 0 Å². The molecule has 3 saturated carbocycles. The van der Waals surface area contributed by atoms with E-state index in [1.165, 1.54) is 5.57 Å². The van der Waals surface area contributed by atoms with Crippen molar-refractivity contribution in [3.63, 3.8) is 0 Å². The smallest absolute Gasteiger partial charge is 0.155 e. The third kappa shape index (κ3) is 2.20. The molecule has 4 aliphatic carbocycles. The molecule has 0 amide bonds. The summed E-state index contributed by atoms with van der Waals surface area (Å²) in [6.45, 7) is 4.12. The molecule has 0 saturated heterocycles. The zero-order valence-electron chi connectivity index (χ0n) is 15.5. The number of hydrogen-bond donors (Lipinski definition) is 3. The summed E-state index contributed by atoms with van der Waals surface area (Å²) >= 11 is 0. The van der Waals surface area contributed by atoms with Gasteiger partial charge in [-0.2, -0.15) is 0 Å². The first-order chi connectivity index (χ1) is 11.8. The second-order valence-corrected chi connectivity index (χ2v) is 9.59. The maximum absolute atomic E-state index is 11.9. The second-order valence-electron chi connectivity index (χ2n) is 9.59. The van der Waals surface area contributed by atoms with Crippen molar-refractivity contribution < 1.29 is 20.1 Å². The van der Waals surface area contributed by atoms with Crippen LogP contribution in [-0.2, 0) is 4.79 Å². The van der Waals surface area contributed by atoms with E-state index in [4.69, 9.17) is 0 Å². The molecule has 0 radical (unpaired) electrons. The Labute approximate surface area is 150 Å². The lowest BCUT2D eigenvalue weighted by atomic mass is 9.46. The molecule has 0 heterocycles. The summed E-state index contributed by atoms with van der Waals surface area (Å²) in [6, 6.07) is 0. The Morgan fingerprint density at radius 3 is 2.56 bits per heavy atom. The lowest BCUT2D eigenvalue weighted by Gasteiger charge is -2.59. The van der Waals surface area contributed by atoms with E-state index < -0.39 is 11.7 Å². The molecule has 25 heavy (non-hydrogen) atoms. The Hall–Kier alpha value is -0.710. The van der Waals surface area contributed by atoms with Crippen LogP contribution in [0.2, 0.25) is 0 Å². The summed E-state index contributed by atoms with van der Waals surface area (Å²) in [5.41, 5.74) is 0.00120. The van der Waals surface area contributed by atoms with Crippen molar-refractivity contribution in [2.24, 2.45) is 28.6 Å². The summed E-state index contributed by atoms with van der Waals surface area (Å²) in [5.74, 6) is 1.81. The highest BCUT2D eigenvalue weighted by Crippen LogP contribution is 2.67. The molecule has 4 nitrogen and oxygen atoms in total. The van der Waals surface area contributed by atoms with Gasteiger partial charge in [0.25, 0.3) is 0 Å². The number of fused-ring (bicyclic) bond motifs is 5. The number of hydrogen-bond acceptors (Lipinski definition) is 4. The Balaban J connectivity index is 1.67. The SMILES string of the molecule is C[C@]12CCC(=O)C=C1CC[C@@H]1[C@@H]2CC[C@@]2(C)[C@H]1CC[C@]2(O)[C@@H](O)CO. The Bertz CT molecular complexity index is 613. The van der Waals surface area contributed by atoms with E-state index in [0.29, 0.717) is 30.6 Å². The predicted octanol–water partition coefficient (Wildman–Crippen LogP) is 2.60. The minimum absolute atomic E-state index is 0.133. The molecular formula is C21H32O4. The van der Waals surface area contributed by atoms with E-state index in [-0.39, 0.29) is 23.2 Å². The lowest BCUT2D eigenvalue weighted by Crippen LogP contribution is -2.59. The maximum Gasteiger partial charge on any atom is 0.155 e. The molecule has 0 aromatic rings. The van der Waals surface area contributed by atoms with E-state index >= 15 is 0 Å². The highest BCUT2D eigenvalue weighted by molar-refractivity contribution is 5.91. The molecule has 0 unspecified atom stereocenters. The first-order valence-corrected chi connectivity index (χ1v) is 10.0. The van der Waals surface area contributed by atoms with Gasteiger partial charge < -0.3 is 15.3 Å². The van der Waals surface area contributed by atoms with E-state index in [1.807, 2.05) is 6.08 Å². The highest BCUT2D eigenvalue weighted by atomic mass is 16.4. The van der Waals surface area contributed by atoms with Crippen LogP contribution in [0.3, 0.4) is 0 Å². The average molecular weight is 348 g/mol. The quantitative estimate of drug-likeness (QED) is 0.717. The van der Waals surface area contributed by atoms with Crippen molar-refractivity contribution in [3.8, 4) is 0 Å². The molecule has 4 rings (SSSR count). The normalized spacial score (nSPS) is 50.5. The van der Waals surface area contributed by atoms with E-state index in [0.717, 1.165) is 38.5 Å². The van der Waals surface area contributed by atoms with Gasteiger partial charge in [-0.15, -0.1) is 0 Å². The van der Waals surface area contributed by atoms with Gasteiger partial charge in [-0.05, 0) is 74.2 Å². The van der Waals surface area contributed by atoms with Gasteiger partial charge in [-0.1, -0.05) is 19.4 Å². The second kappa shape index (κ2) is 5.64. The summed E-state index contributed by atoms with van der Waals surface area (Å²) in [4.78, 5) is 11.9. The van der Waals surface area contributed by atoms with E-state index in [1.54, 1.807) is 0 Å². The number of carbonyl (C=O) groups excluding carboxylic acids is 1. The zero-order chi connectivity index (χ0) is 18.0. The van der Waals surface area contributed by atoms with Gasteiger partial charge in [0, 0.05) is 11.8 Å². The molecular weight excluding hydrogens is 316 g/mol. The fourth-order valence-corrected chi connectivity index (χ4v) is 7.31. The van der Waals surface area contributed by atoms with Gasteiger partial charge in [-0.3, -0.25) is 4.79 Å². The average Bonchev–Trinajstić information content (AvgIpc) is 2.87. The molecule has 0 spiro atoms. The zero-order valence-corrected chi connectivity index (χ0v) is 15.5. The maximum atomic E-state index is 11.9. The van der Waals surface area contributed by atoms with Gasteiger partial charge in [0.05, 0.1) is 12.2 Å². The molecule has 0 aromatic carbocycles. The van der Waals surface area contributed by atoms with Crippen LogP contribution in [0.5, 0.6) is 0 Å². The molecule has 4 heteroatoms. The van der Waals surface area contributed by atoms with Crippen molar-refractivity contribution in [2.45, 2.75) is 76.9 Å². The standard InChI is InChI=1S/C21H32O4/c1-19-8-5-14(23)11-13(19)3-4-15-16(19)6-9-20(2)17(15)7-10-21(20,25)18(24)12-22/h11,15-18,22,24-25H,3-10,12H2,1-2H3/t15-,16+,17+,18+,19+,20+,21+/m1/s1. The van der Waals surface area contributed by atoms with Crippen molar-refractivity contribution >= 4 is 5.78 Å². The highest BCUT2D eigenvalue weighted by Gasteiger charge is 2.65. The summed E-state index contributed by atoms with van der Waals surface area (Å²) in [5, 5.41) is 31.1. The fraction of sp³-hybridized carbons (Fsp3) is 0.857. The van der Waals surface area contributed by atoms with Gasteiger partial charge in [0.15, 0.2) is 5.78 Å². The van der Waals surface area contributed by atoms with Crippen LogP contribution < -0.4 is 0 Å². The molecule has 7 atom stereocenters. The Morgan fingerprint density at radius 1 is 1.12 bits per heavy atom. The van der Waals surface area contributed by atoms with Crippen LogP contribution in [0.4, 0.5) is 0 Å². The Morgan fingerprint density at radius 2 is 1.84 bits per heavy atom. The largest absolute Gasteiger partial charge is 0.394 e. The van der Waals surface area contributed by atoms with Crippen LogP contribution in [0, 0.1) is 28.6 Å². The number of aliphatic hydroxyl groups excluding tert-OH is 2. The van der Waals surface area contributed by atoms with Crippen LogP contribution in [0.25, 0.3) is 0 Å². The summed E-state index contributed by atoms with van der Waals surface area (Å²) in [7, 11) is 0. The van der Waals surface area contributed by atoms with Crippen molar-refractivity contribution in [2.75, 3.05) is 6.61 Å². The van der Waals surface area contributed by atoms with Gasteiger partial charge in [0.1, 0.15) is 6.10 Å². The first kappa shape index (κ1) is 17.7. The molecule has 0 aliphatic heterocycles. The number of rotatable bonds is 2. The van der Waals surface area contributed by atoms with Crippen molar-refractivity contribution in [3.05, 3.63) is 11.6 Å². The van der Waals surface area contributed by atoms with Gasteiger partial charge in [0.2, 0.25) is 0 Å². The lowest BCUT2D eigenvalue weighted by molar-refractivity contribution is -0.184. The first-order valence-electron chi connectivity index (χ1n) is 10.0. The van der Waals surface area contributed by atoms with Crippen LogP contribution in [-0.4, -0.2) is 39.4 Å². The Kier molecular flexibility index (Phi) is 3.99. The monoisotopic (exact) mass is 348 g/mol. The van der Waals surface area contributed by atoms with Crippen LogP contribution in [0.1, 0.15) is 65.2 Å². The molecule has 4 aliphatic rings. The van der Waals surface area contributed by atoms with E-state index in [2.05, 4.69) is 13.8 Å². The summed E-state index contributed by atoms with van der Waals surface area (Å²) in [6.07, 6.45) is 8.03. The molecule has 0 aromatic heterocycles. The number of carbonyl (C=O) groups is 1. The third-order valence-electron chi connectivity index (χ3n) is 8.90. The number of allylic oxidation sites excluding steroid dienone is 1. The topological polar surface area (TPSA) is 77.8 Å². The molecule has 3 fully saturated rings. The third-order valence-corrected chi connectivity index (χ3v) is 8.90. The van der Waals surface area contributed by atoms with Crippen LogP contribution >= 0.6 is 0 Å². The van der Waals surface area contributed by atoms with Crippen molar-refractivity contribution in [1.82, 2.24) is 0 Å². The fourth-order valence-electron chi connectivity index (χ4n) is 7.31. The minimum Gasteiger partial charge on any atom is -0.394 e. The van der Waals surface area contributed by atoms with Crippen molar-refractivity contribution in [1.29, 1.82) is 0 Å². The van der Waals surface area contributed by atoms with Gasteiger partial charge >= 0.3 is 0 Å². The number of aliphatic hydroxyl groups is 3. The number of ketones is 1.